The molecule has 1 atom stereocenters. The summed E-state index contributed by atoms with van der Waals surface area (Å²) in [5.74, 6) is 0. The van der Waals surface area contributed by atoms with Gasteiger partial charge in [-0.3, -0.25) is 0 Å². The Bertz CT molecular complexity index is 583. The van der Waals surface area contributed by atoms with Gasteiger partial charge in [-0.05, 0) is 43.8 Å². The highest BCUT2D eigenvalue weighted by Gasteiger charge is 2.10. The standard InChI is InChI=1S/C15H18Cl2N2S/c1-10(18-2)13-6-4-11(8-14(13)16)19(3)9-12-5-7-15(17)20-12/h4-8,10,18H,9H2,1-3H3. The molecule has 2 nitrogen and oxygen atoms in total. The SMILES string of the molecule is CNC(C)c1ccc(N(C)Cc2ccc(Cl)s2)cc1Cl. The number of benzene rings is 1. The maximum Gasteiger partial charge on any atom is 0.0931 e. The van der Waals surface area contributed by atoms with Crippen molar-refractivity contribution in [3.63, 3.8) is 0 Å². The normalized spacial score (nSPS) is 12.4. The molecule has 0 radical (unpaired) electrons. The summed E-state index contributed by atoms with van der Waals surface area (Å²) < 4.78 is 0.824. The van der Waals surface area contributed by atoms with Crippen LogP contribution in [-0.2, 0) is 6.54 Å². The zero-order valence-corrected chi connectivity index (χ0v) is 14.1. The summed E-state index contributed by atoms with van der Waals surface area (Å²) in [5.41, 5.74) is 2.22. The maximum atomic E-state index is 6.37. The maximum absolute atomic E-state index is 6.37. The minimum Gasteiger partial charge on any atom is -0.369 e. The lowest BCUT2D eigenvalue weighted by atomic mass is 10.1. The van der Waals surface area contributed by atoms with Crippen molar-refractivity contribution < 1.29 is 0 Å². The molecule has 5 heteroatoms. The fourth-order valence-electron chi connectivity index (χ4n) is 2.02. The Morgan fingerprint density at radius 2 is 2.00 bits per heavy atom. The minimum absolute atomic E-state index is 0.248. The molecule has 0 amide bonds. The molecule has 0 saturated heterocycles. The van der Waals surface area contributed by atoms with Gasteiger partial charge in [-0.15, -0.1) is 11.3 Å². The second kappa shape index (κ2) is 6.81. The zero-order valence-electron chi connectivity index (χ0n) is 11.8. The molecule has 0 fully saturated rings. The second-order valence-electron chi connectivity index (χ2n) is 4.78. The summed E-state index contributed by atoms with van der Waals surface area (Å²) in [4.78, 5) is 3.41. The van der Waals surface area contributed by atoms with Gasteiger partial charge in [-0.1, -0.05) is 29.3 Å². The van der Waals surface area contributed by atoms with Crippen LogP contribution in [0.2, 0.25) is 9.36 Å². The van der Waals surface area contributed by atoms with Crippen molar-refractivity contribution >= 4 is 40.2 Å². The van der Waals surface area contributed by atoms with E-state index in [9.17, 15) is 0 Å². The van der Waals surface area contributed by atoms with Gasteiger partial charge in [0, 0.05) is 28.7 Å². The van der Waals surface area contributed by atoms with Crippen LogP contribution in [0.25, 0.3) is 0 Å². The molecule has 2 aromatic rings. The van der Waals surface area contributed by atoms with E-state index >= 15 is 0 Å². The fraction of sp³-hybridized carbons (Fsp3) is 0.333. The third kappa shape index (κ3) is 3.67. The van der Waals surface area contributed by atoms with Crippen molar-refractivity contribution in [3.05, 3.63) is 50.1 Å². The van der Waals surface area contributed by atoms with Crippen molar-refractivity contribution in [2.24, 2.45) is 0 Å². The minimum atomic E-state index is 0.248. The first-order valence-corrected chi connectivity index (χ1v) is 8.00. The third-order valence-corrected chi connectivity index (χ3v) is 4.89. The largest absolute Gasteiger partial charge is 0.369 e. The molecule has 0 aliphatic heterocycles. The molecule has 2 rings (SSSR count). The first kappa shape index (κ1) is 15.6. The van der Waals surface area contributed by atoms with E-state index in [4.69, 9.17) is 23.2 Å². The summed E-state index contributed by atoms with van der Waals surface area (Å²) in [6.07, 6.45) is 0. The molecule has 20 heavy (non-hydrogen) atoms. The van der Waals surface area contributed by atoms with Gasteiger partial charge in [0.05, 0.1) is 10.9 Å². The van der Waals surface area contributed by atoms with Crippen molar-refractivity contribution in [2.75, 3.05) is 19.0 Å². The average Bonchev–Trinajstić information content (AvgIpc) is 2.83. The van der Waals surface area contributed by atoms with Crippen molar-refractivity contribution in [1.29, 1.82) is 0 Å². The van der Waals surface area contributed by atoms with E-state index in [1.165, 1.54) is 4.88 Å². The molecule has 1 unspecified atom stereocenters. The number of rotatable bonds is 5. The molecule has 1 aromatic carbocycles. The summed E-state index contributed by atoms with van der Waals surface area (Å²) in [7, 11) is 3.99. The van der Waals surface area contributed by atoms with Gasteiger partial charge in [-0.2, -0.15) is 0 Å². The van der Waals surface area contributed by atoms with Gasteiger partial charge >= 0.3 is 0 Å². The lowest BCUT2D eigenvalue weighted by Gasteiger charge is -2.21. The van der Waals surface area contributed by atoms with Crippen LogP contribution < -0.4 is 10.2 Å². The quantitative estimate of drug-likeness (QED) is 0.833. The van der Waals surface area contributed by atoms with Crippen LogP contribution in [0.4, 0.5) is 5.69 Å². The predicted octanol–water partition coefficient (Wildman–Crippen LogP) is 4.97. The first-order chi connectivity index (χ1) is 9.51. The van der Waals surface area contributed by atoms with E-state index in [0.717, 1.165) is 27.2 Å². The molecule has 0 spiro atoms. The summed E-state index contributed by atoms with van der Waals surface area (Å²) >= 11 is 13.9. The predicted molar refractivity (Wildman–Crippen MR) is 90.4 cm³/mol. The molecule has 0 saturated carbocycles. The van der Waals surface area contributed by atoms with Gasteiger partial charge in [0.2, 0.25) is 0 Å². The summed E-state index contributed by atoms with van der Waals surface area (Å²) in [5, 5.41) is 3.99. The molecule has 1 N–H and O–H groups in total. The highest BCUT2D eigenvalue weighted by atomic mass is 35.5. The second-order valence-corrected chi connectivity index (χ2v) is 6.98. The number of nitrogens with one attached hydrogen (secondary N) is 1. The number of anilines is 1. The number of hydrogen-bond donors (Lipinski definition) is 1. The van der Waals surface area contributed by atoms with Crippen LogP contribution in [0, 0.1) is 0 Å². The van der Waals surface area contributed by atoms with E-state index in [1.54, 1.807) is 11.3 Å². The smallest absolute Gasteiger partial charge is 0.0931 e. The Morgan fingerprint density at radius 3 is 2.55 bits per heavy atom. The van der Waals surface area contributed by atoms with Crippen LogP contribution >= 0.6 is 34.5 Å². The number of thiophene rings is 1. The van der Waals surface area contributed by atoms with E-state index in [1.807, 2.05) is 19.2 Å². The van der Waals surface area contributed by atoms with E-state index < -0.39 is 0 Å². The number of halogens is 2. The number of hydrogen-bond acceptors (Lipinski definition) is 3. The van der Waals surface area contributed by atoms with Gasteiger partial charge in [-0.25, -0.2) is 0 Å². The van der Waals surface area contributed by atoms with Gasteiger partial charge in [0.15, 0.2) is 0 Å². The van der Waals surface area contributed by atoms with Gasteiger partial charge in [0.25, 0.3) is 0 Å². The highest BCUT2D eigenvalue weighted by Crippen LogP contribution is 2.29. The highest BCUT2D eigenvalue weighted by molar-refractivity contribution is 7.16. The Kier molecular flexibility index (Phi) is 5.33. The van der Waals surface area contributed by atoms with E-state index in [0.29, 0.717) is 0 Å². The van der Waals surface area contributed by atoms with Gasteiger partial charge in [0.1, 0.15) is 0 Å². The van der Waals surface area contributed by atoms with Gasteiger partial charge < -0.3 is 10.2 Å². The Morgan fingerprint density at radius 1 is 1.25 bits per heavy atom. The molecule has 0 bridgehead atoms. The molecule has 0 aliphatic carbocycles. The number of nitrogens with zero attached hydrogens (tertiary/aromatic N) is 1. The lowest BCUT2D eigenvalue weighted by Crippen LogP contribution is -2.16. The van der Waals surface area contributed by atoms with Crippen LogP contribution in [0.1, 0.15) is 23.4 Å². The van der Waals surface area contributed by atoms with Crippen molar-refractivity contribution in [1.82, 2.24) is 5.32 Å². The molecule has 108 valence electrons. The van der Waals surface area contributed by atoms with Crippen molar-refractivity contribution in [3.8, 4) is 0 Å². The lowest BCUT2D eigenvalue weighted by molar-refractivity contribution is 0.652. The van der Waals surface area contributed by atoms with E-state index in [2.05, 4.69) is 42.4 Å². The van der Waals surface area contributed by atoms with Crippen LogP contribution in [0.15, 0.2) is 30.3 Å². The summed E-state index contributed by atoms with van der Waals surface area (Å²) in [6, 6.07) is 10.4. The fourth-order valence-corrected chi connectivity index (χ4v) is 3.50. The molecule has 1 aromatic heterocycles. The Hall–Kier alpha value is -0.740. The molecular weight excluding hydrogens is 311 g/mol. The molecule has 0 aliphatic rings. The van der Waals surface area contributed by atoms with Crippen molar-refractivity contribution in [2.45, 2.75) is 19.5 Å². The summed E-state index contributed by atoms with van der Waals surface area (Å²) in [6.45, 7) is 2.92. The van der Waals surface area contributed by atoms with Crippen LogP contribution in [0.3, 0.4) is 0 Å². The Labute approximate surface area is 134 Å². The zero-order chi connectivity index (χ0) is 14.7. The molecular formula is C15H18Cl2N2S. The Balaban J connectivity index is 2.14. The first-order valence-electron chi connectivity index (χ1n) is 6.43. The average molecular weight is 329 g/mol. The monoisotopic (exact) mass is 328 g/mol. The molecule has 1 heterocycles. The van der Waals surface area contributed by atoms with Crippen LogP contribution in [0.5, 0.6) is 0 Å². The third-order valence-electron chi connectivity index (χ3n) is 3.35. The topological polar surface area (TPSA) is 15.3 Å². The van der Waals surface area contributed by atoms with E-state index in [-0.39, 0.29) is 6.04 Å². The van der Waals surface area contributed by atoms with Crippen LogP contribution in [-0.4, -0.2) is 14.1 Å².